The molecule has 0 radical (unpaired) electrons. The second kappa shape index (κ2) is 16.2. The first-order valence-electron chi connectivity index (χ1n) is 16.3. The number of hydrogen-bond donors (Lipinski definition) is 0. The molecule has 0 amide bonds. The summed E-state index contributed by atoms with van der Waals surface area (Å²) in [5.74, 6) is 0. The number of halogens is 1. The van der Waals surface area contributed by atoms with E-state index in [0.717, 1.165) is 24.2 Å². The van der Waals surface area contributed by atoms with Crippen LogP contribution < -0.4 is 12.4 Å². The Kier molecular flexibility index (Phi) is 13.7. The van der Waals surface area contributed by atoms with E-state index in [9.17, 15) is 0 Å². The van der Waals surface area contributed by atoms with Crippen molar-refractivity contribution in [3.8, 4) is 0 Å². The van der Waals surface area contributed by atoms with E-state index >= 15 is 0 Å². The summed E-state index contributed by atoms with van der Waals surface area (Å²) in [4.78, 5) is 0. The molecule has 0 aromatic carbocycles. The summed E-state index contributed by atoms with van der Waals surface area (Å²) >= 11 is 0. The van der Waals surface area contributed by atoms with E-state index in [1.165, 1.54) is 128 Å². The molecule has 200 valence electrons. The molecular formula is C32H60ClN. The summed E-state index contributed by atoms with van der Waals surface area (Å²) in [7, 11) is 0. The molecule has 2 heteroatoms. The highest BCUT2D eigenvalue weighted by atomic mass is 35.5. The van der Waals surface area contributed by atoms with Crippen molar-refractivity contribution in [3.05, 3.63) is 0 Å². The topological polar surface area (TPSA) is 0 Å². The summed E-state index contributed by atoms with van der Waals surface area (Å²) in [5, 5.41) is 0. The average Bonchev–Trinajstić information content (AvgIpc) is 2.71. The van der Waals surface area contributed by atoms with E-state index in [-0.39, 0.29) is 12.4 Å². The van der Waals surface area contributed by atoms with E-state index in [4.69, 9.17) is 0 Å². The molecule has 0 aromatic heterocycles. The zero-order valence-corrected chi connectivity index (χ0v) is 23.7. The first kappa shape index (κ1) is 28.8. The molecule has 4 saturated carbocycles. The molecule has 1 nitrogen and oxygen atoms in total. The standard InChI is InChI=1S/C32H60N.ClH/c1-5-13-21-29(22-14-6-1)33(30-23-15-7-2-8-16-24-30,31-25-17-9-3-10-18-26-31)32-27-19-11-4-12-20-28-32;/h29-32H,1-28H2;1H/q+1;/p-1. The highest BCUT2D eigenvalue weighted by Gasteiger charge is 2.52. The lowest BCUT2D eigenvalue weighted by Gasteiger charge is -2.60. The van der Waals surface area contributed by atoms with Crippen molar-refractivity contribution >= 4 is 0 Å². The van der Waals surface area contributed by atoms with Crippen molar-refractivity contribution < 1.29 is 16.9 Å². The normalized spacial score (nSPS) is 27.5. The predicted molar refractivity (Wildman–Crippen MR) is 145 cm³/mol. The van der Waals surface area contributed by atoms with Gasteiger partial charge in [0.05, 0.1) is 24.2 Å². The quantitative estimate of drug-likeness (QED) is 0.361. The number of hydrogen-bond acceptors (Lipinski definition) is 0. The minimum absolute atomic E-state index is 0. The Balaban J connectivity index is 0.00000324. The van der Waals surface area contributed by atoms with Gasteiger partial charge in [0, 0.05) is 0 Å². The van der Waals surface area contributed by atoms with Gasteiger partial charge >= 0.3 is 0 Å². The molecule has 0 aromatic rings. The molecule has 0 saturated heterocycles. The monoisotopic (exact) mass is 493 g/mol. The summed E-state index contributed by atoms with van der Waals surface area (Å²) in [6.45, 7) is 0. The zero-order valence-electron chi connectivity index (χ0n) is 22.9. The van der Waals surface area contributed by atoms with Gasteiger partial charge in [0.1, 0.15) is 0 Å². The Morgan fingerprint density at radius 1 is 0.235 bits per heavy atom. The van der Waals surface area contributed by atoms with Crippen LogP contribution in [0.3, 0.4) is 0 Å². The molecule has 4 aliphatic rings. The van der Waals surface area contributed by atoms with E-state index < -0.39 is 0 Å². The second-order valence-corrected chi connectivity index (χ2v) is 12.9. The Hall–Kier alpha value is 0.250. The van der Waals surface area contributed by atoms with Crippen molar-refractivity contribution in [2.45, 2.75) is 204 Å². The van der Waals surface area contributed by atoms with E-state index in [1.807, 2.05) is 0 Å². The maximum atomic E-state index is 1.67. The second-order valence-electron chi connectivity index (χ2n) is 12.9. The van der Waals surface area contributed by atoms with Crippen LogP contribution in [0.25, 0.3) is 0 Å². The van der Waals surface area contributed by atoms with Gasteiger partial charge in [0.15, 0.2) is 0 Å². The van der Waals surface area contributed by atoms with Gasteiger partial charge in [-0.3, -0.25) is 0 Å². The third kappa shape index (κ3) is 7.63. The van der Waals surface area contributed by atoms with E-state index in [1.54, 1.807) is 55.8 Å². The van der Waals surface area contributed by atoms with Gasteiger partial charge < -0.3 is 16.9 Å². The van der Waals surface area contributed by atoms with Gasteiger partial charge in [-0.2, -0.15) is 0 Å². The molecule has 0 unspecified atom stereocenters. The predicted octanol–water partition coefficient (Wildman–Crippen LogP) is 7.26. The fourth-order valence-corrected chi connectivity index (χ4v) is 9.32. The molecule has 0 N–H and O–H groups in total. The van der Waals surface area contributed by atoms with Crippen molar-refractivity contribution in [1.82, 2.24) is 0 Å². The third-order valence-corrected chi connectivity index (χ3v) is 10.8. The largest absolute Gasteiger partial charge is 1.00 e. The van der Waals surface area contributed by atoms with Crippen LogP contribution >= 0.6 is 0 Å². The molecule has 4 fully saturated rings. The summed E-state index contributed by atoms with van der Waals surface area (Å²) < 4.78 is 1.67. The number of nitrogens with zero attached hydrogens (tertiary/aromatic N) is 1. The lowest BCUT2D eigenvalue weighted by Crippen LogP contribution is -3.00. The number of rotatable bonds is 4. The van der Waals surface area contributed by atoms with Crippen LogP contribution in [0.15, 0.2) is 0 Å². The fourth-order valence-electron chi connectivity index (χ4n) is 9.32. The highest BCUT2D eigenvalue weighted by Crippen LogP contribution is 2.46. The molecule has 4 rings (SSSR count). The number of quaternary nitrogens is 1. The zero-order chi connectivity index (χ0) is 22.6. The summed E-state index contributed by atoms with van der Waals surface area (Å²) in [6.07, 6.45) is 43.2. The van der Waals surface area contributed by atoms with Crippen molar-refractivity contribution in [2.75, 3.05) is 0 Å². The van der Waals surface area contributed by atoms with Crippen molar-refractivity contribution in [3.63, 3.8) is 0 Å². The Labute approximate surface area is 220 Å². The van der Waals surface area contributed by atoms with Crippen LogP contribution in [0, 0.1) is 0 Å². The van der Waals surface area contributed by atoms with Gasteiger partial charge in [-0.15, -0.1) is 0 Å². The highest BCUT2D eigenvalue weighted by molar-refractivity contribution is 4.83. The maximum Gasteiger partial charge on any atom is 0.0896 e. The van der Waals surface area contributed by atoms with Gasteiger partial charge in [-0.25, -0.2) is 0 Å². The SMILES string of the molecule is C1CCCC([N+](C2CCCCCCC2)(C2CCCCCCC2)C2CCCCCCC2)CCC1.[Cl-]. The molecule has 4 aliphatic carbocycles. The Morgan fingerprint density at radius 3 is 0.559 bits per heavy atom. The molecule has 34 heavy (non-hydrogen) atoms. The lowest BCUT2D eigenvalue weighted by atomic mass is 9.78. The maximum absolute atomic E-state index is 1.67. The van der Waals surface area contributed by atoms with Gasteiger partial charge in [0.2, 0.25) is 0 Å². The first-order chi connectivity index (χ1) is 16.4. The van der Waals surface area contributed by atoms with E-state index in [0.29, 0.717) is 0 Å². The molecular weight excluding hydrogens is 434 g/mol. The van der Waals surface area contributed by atoms with Crippen LogP contribution in [-0.2, 0) is 0 Å². The van der Waals surface area contributed by atoms with Crippen LogP contribution in [0.5, 0.6) is 0 Å². The smallest absolute Gasteiger partial charge is 0.0896 e. The van der Waals surface area contributed by atoms with Crippen LogP contribution in [0.1, 0.15) is 180 Å². The lowest BCUT2D eigenvalue weighted by molar-refractivity contribution is -1.02. The van der Waals surface area contributed by atoms with Gasteiger partial charge in [-0.05, 0) is 103 Å². The van der Waals surface area contributed by atoms with E-state index in [2.05, 4.69) is 0 Å². The Bertz CT molecular complexity index is 394. The molecule has 0 heterocycles. The molecule has 0 bridgehead atoms. The summed E-state index contributed by atoms with van der Waals surface area (Å²) in [6, 6.07) is 4.01. The van der Waals surface area contributed by atoms with Gasteiger partial charge in [-0.1, -0.05) is 77.0 Å². The average molecular weight is 494 g/mol. The molecule has 0 atom stereocenters. The minimum Gasteiger partial charge on any atom is -1.00 e. The van der Waals surface area contributed by atoms with Crippen LogP contribution in [0.2, 0.25) is 0 Å². The van der Waals surface area contributed by atoms with Crippen LogP contribution in [-0.4, -0.2) is 28.7 Å². The summed E-state index contributed by atoms with van der Waals surface area (Å²) in [5.41, 5.74) is 0. The first-order valence-corrected chi connectivity index (χ1v) is 16.3. The van der Waals surface area contributed by atoms with Gasteiger partial charge in [0.25, 0.3) is 0 Å². The molecule has 0 aliphatic heterocycles. The fraction of sp³-hybridized carbons (Fsp3) is 1.00. The van der Waals surface area contributed by atoms with Crippen molar-refractivity contribution in [2.24, 2.45) is 0 Å². The van der Waals surface area contributed by atoms with Crippen LogP contribution in [0.4, 0.5) is 0 Å². The van der Waals surface area contributed by atoms with Crippen molar-refractivity contribution in [1.29, 1.82) is 0 Å². The molecule has 0 spiro atoms. The Morgan fingerprint density at radius 2 is 0.382 bits per heavy atom. The minimum atomic E-state index is 0. The third-order valence-electron chi connectivity index (χ3n) is 10.8.